The van der Waals surface area contributed by atoms with Gasteiger partial charge in [-0.2, -0.15) is 0 Å². The van der Waals surface area contributed by atoms with Gasteiger partial charge in [0.1, 0.15) is 0 Å². The summed E-state index contributed by atoms with van der Waals surface area (Å²) in [7, 11) is 0. The number of amides is 2. The minimum absolute atomic E-state index is 0.00712. The highest BCUT2D eigenvalue weighted by Crippen LogP contribution is 2.36. The summed E-state index contributed by atoms with van der Waals surface area (Å²) in [6, 6.07) is 0.687. The van der Waals surface area contributed by atoms with Crippen LogP contribution < -0.4 is 5.32 Å². The summed E-state index contributed by atoms with van der Waals surface area (Å²) >= 11 is 0. The van der Waals surface area contributed by atoms with Crippen LogP contribution in [0.5, 0.6) is 0 Å². The lowest BCUT2D eigenvalue weighted by atomic mass is 9.84. The van der Waals surface area contributed by atoms with Crippen molar-refractivity contribution >= 4 is 12.0 Å². The molecule has 0 saturated heterocycles. The minimum Gasteiger partial charge on any atom is -0.481 e. The number of nitrogens with one attached hydrogen (secondary N) is 1. The fourth-order valence-electron chi connectivity index (χ4n) is 3.18. The predicted molar refractivity (Wildman–Crippen MR) is 76.5 cm³/mol. The molecular formula is C15H26N2O3. The smallest absolute Gasteiger partial charge is 0.317 e. The largest absolute Gasteiger partial charge is 0.481 e. The maximum Gasteiger partial charge on any atom is 0.317 e. The van der Waals surface area contributed by atoms with E-state index < -0.39 is 5.97 Å². The standard InChI is InChI=1S/C15H26N2O3/c1-2-11-3-5-12(6-4-11)17(13-7-8-13)15(20)16-10-9-14(18)19/h11-13H,2-10H2,1H3,(H,16,20)(H,18,19). The molecule has 114 valence electrons. The number of aliphatic carboxylic acids is 1. The average molecular weight is 282 g/mol. The normalized spacial score (nSPS) is 26.1. The lowest BCUT2D eigenvalue weighted by Gasteiger charge is -2.37. The molecule has 5 heteroatoms. The topological polar surface area (TPSA) is 69.6 Å². The van der Waals surface area contributed by atoms with Crippen molar-refractivity contribution in [2.45, 2.75) is 70.4 Å². The van der Waals surface area contributed by atoms with E-state index in [4.69, 9.17) is 5.11 Å². The summed E-state index contributed by atoms with van der Waals surface area (Å²) < 4.78 is 0. The molecule has 20 heavy (non-hydrogen) atoms. The molecule has 5 nitrogen and oxygen atoms in total. The molecule has 0 unspecified atom stereocenters. The highest BCUT2D eigenvalue weighted by Gasteiger charge is 2.38. The zero-order chi connectivity index (χ0) is 14.5. The van der Waals surface area contributed by atoms with Crippen molar-refractivity contribution in [2.24, 2.45) is 5.92 Å². The second kappa shape index (κ2) is 6.95. The van der Waals surface area contributed by atoms with E-state index in [1.54, 1.807) is 0 Å². The van der Waals surface area contributed by atoms with Gasteiger partial charge < -0.3 is 15.3 Å². The maximum absolute atomic E-state index is 12.3. The second-order valence-electron chi connectivity index (χ2n) is 6.10. The molecule has 0 spiro atoms. The summed E-state index contributed by atoms with van der Waals surface area (Å²) in [5.74, 6) is -0.0471. The van der Waals surface area contributed by atoms with Gasteiger partial charge in [0.25, 0.3) is 0 Å². The number of hydrogen-bond donors (Lipinski definition) is 2. The molecule has 0 atom stereocenters. The Kier molecular flexibility index (Phi) is 5.26. The van der Waals surface area contributed by atoms with E-state index in [0.29, 0.717) is 12.1 Å². The first-order valence-electron chi connectivity index (χ1n) is 7.89. The molecule has 0 aromatic carbocycles. The molecule has 0 bridgehead atoms. The van der Waals surface area contributed by atoms with Crippen LogP contribution in [-0.2, 0) is 4.79 Å². The Hall–Kier alpha value is -1.26. The molecule has 2 aliphatic carbocycles. The second-order valence-corrected chi connectivity index (χ2v) is 6.10. The third-order valence-electron chi connectivity index (χ3n) is 4.58. The van der Waals surface area contributed by atoms with E-state index in [-0.39, 0.29) is 19.0 Å². The Morgan fingerprint density at radius 3 is 2.10 bits per heavy atom. The number of nitrogens with zero attached hydrogens (tertiary/aromatic N) is 1. The van der Waals surface area contributed by atoms with Crippen LogP contribution >= 0.6 is 0 Å². The van der Waals surface area contributed by atoms with Gasteiger partial charge in [-0.25, -0.2) is 4.79 Å². The van der Waals surface area contributed by atoms with Crippen LogP contribution in [0.25, 0.3) is 0 Å². The molecule has 2 fully saturated rings. The summed E-state index contributed by atoms with van der Waals surface area (Å²) in [6.07, 6.45) is 8.05. The molecule has 2 rings (SSSR count). The van der Waals surface area contributed by atoms with E-state index in [1.807, 2.05) is 4.90 Å². The first kappa shape index (κ1) is 15.1. The highest BCUT2D eigenvalue weighted by molar-refractivity contribution is 5.76. The Balaban J connectivity index is 1.84. The van der Waals surface area contributed by atoms with Gasteiger partial charge in [-0.15, -0.1) is 0 Å². The van der Waals surface area contributed by atoms with E-state index >= 15 is 0 Å². The van der Waals surface area contributed by atoms with Crippen LogP contribution in [0.2, 0.25) is 0 Å². The third-order valence-corrected chi connectivity index (χ3v) is 4.58. The fraction of sp³-hybridized carbons (Fsp3) is 0.867. The van der Waals surface area contributed by atoms with Gasteiger partial charge >= 0.3 is 12.0 Å². The average Bonchev–Trinajstić information content (AvgIpc) is 3.24. The van der Waals surface area contributed by atoms with Gasteiger partial charge in [0.05, 0.1) is 6.42 Å². The van der Waals surface area contributed by atoms with Crippen LogP contribution in [0.15, 0.2) is 0 Å². The van der Waals surface area contributed by atoms with Crippen molar-refractivity contribution < 1.29 is 14.7 Å². The zero-order valence-electron chi connectivity index (χ0n) is 12.3. The number of hydrogen-bond acceptors (Lipinski definition) is 2. The Morgan fingerprint density at radius 2 is 1.65 bits per heavy atom. The van der Waals surface area contributed by atoms with Crippen LogP contribution in [0.3, 0.4) is 0 Å². The van der Waals surface area contributed by atoms with Gasteiger partial charge in [-0.05, 0) is 44.4 Å². The molecule has 0 radical (unpaired) electrons. The van der Waals surface area contributed by atoms with E-state index in [0.717, 1.165) is 31.6 Å². The van der Waals surface area contributed by atoms with Crippen molar-refractivity contribution in [2.75, 3.05) is 6.54 Å². The molecule has 2 aliphatic rings. The predicted octanol–water partition coefficient (Wildman–Crippen LogP) is 2.60. The quantitative estimate of drug-likeness (QED) is 0.786. The molecule has 0 heterocycles. The molecule has 2 saturated carbocycles. The van der Waals surface area contributed by atoms with Crippen LogP contribution in [0.1, 0.15) is 58.3 Å². The molecule has 2 amide bonds. The molecule has 0 aromatic rings. The fourth-order valence-corrected chi connectivity index (χ4v) is 3.18. The Bertz CT molecular complexity index is 347. The van der Waals surface area contributed by atoms with E-state index in [1.165, 1.54) is 19.3 Å². The van der Waals surface area contributed by atoms with E-state index in [9.17, 15) is 9.59 Å². The van der Waals surface area contributed by atoms with Crippen molar-refractivity contribution in [3.63, 3.8) is 0 Å². The Morgan fingerprint density at radius 1 is 1.10 bits per heavy atom. The monoisotopic (exact) mass is 282 g/mol. The summed E-state index contributed by atoms with van der Waals surface area (Å²) in [5, 5.41) is 11.4. The SMILES string of the molecule is CCC1CCC(N(C(=O)NCCC(=O)O)C2CC2)CC1. The lowest BCUT2D eigenvalue weighted by molar-refractivity contribution is -0.136. The molecule has 0 aliphatic heterocycles. The number of urea groups is 1. The van der Waals surface area contributed by atoms with Gasteiger partial charge in [0.2, 0.25) is 0 Å². The van der Waals surface area contributed by atoms with Crippen molar-refractivity contribution in [3.8, 4) is 0 Å². The highest BCUT2D eigenvalue weighted by atomic mass is 16.4. The first-order chi connectivity index (χ1) is 9.61. The maximum atomic E-state index is 12.3. The number of carboxylic acids is 1. The van der Waals surface area contributed by atoms with Crippen LogP contribution in [0, 0.1) is 5.92 Å². The minimum atomic E-state index is -0.869. The Labute approximate surface area is 120 Å². The number of rotatable bonds is 6. The molecule has 2 N–H and O–H groups in total. The third kappa shape index (κ3) is 4.12. The number of carboxylic acid groups (broad SMARTS) is 1. The van der Waals surface area contributed by atoms with Gasteiger partial charge in [-0.1, -0.05) is 13.3 Å². The van der Waals surface area contributed by atoms with Gasteiger partial charge in [0, 0.05) is 18.6 Å². The number of carbonyl (C=O) groups excluding carboxylic acids is 1. The molecule has 0 aromatic heterocycles. The van der Waals surface area contributed by atoms with Crippen LogP contribution in [0.4, 0.5) is 4.79 Å². The van der Waals surface area contributed by atoms with E-state index in [2.05, 4.69) is 12.2 Å². The zero-order valence-corrected chi connectivity index (χ0v) is 12.3. The van der Waals surface area contributed by atoms with Gasteiger partial charge in [-0.3, -0.25) is 4.79 Å². The van der Waals surface area contributed by atoms with Crippen molar-refractivity contribution in [1.29, 1.82) is 0 Å². The summed E-state index contributed by atoms with van der Waals surface area (Å²) in [5.41, 5.74) is 0. The van der Waals surface area contributed by atoms with Crippen molar-refractivity contribution in [3.05, 3.63) is 0 Å². The van der Waals surface area contributed by atoms with Crippen molar-refractivity contribution in [1.82, 2.24) is 10.2 Å². The summed E-state index contributed by atoms with van der Waals surface area (Å²) in [4.78, 5) is 24.8. The lowest BCUT2D eigenvalue weighted by Crippen LogP contribution is -2.49. The number of carbonyl (C=O) groups is 2. The first-order valence-corrected chi connectivity index (χ1v) is 7.89. The summed E-state index contributed by atoms with van der Waals surface area (Å²) in [6.45, 7) is 2.46. The molecular weight excluding hydrogens is 256 g/mol. The van der Waals surface area contributed by atoms with Gasteiger partial charge in [0.15, 0.2) is 0 Å². The van der Waals surface area contributed by atoms with Crippen LogP contribution in [-0.4, -0.2) is 40.6 Å².